The first-order chi connectivity index (χ1) is 9.95. The largest absolute Gasteiger partial charge is 0.478 e. The summed E-state index contributed by atoms with van der Waals surface area (Å²) in [7, 11) is 0. The van der Waals surface area contributed by atoms with E-state index in [0.29, 0.717) is 10.4 Å². The maximum atomic E-state index is 13.6. The summed E-state index contributed by atoms with van der Waals surface area (Å²) in [5.74, 6) is -2.18. The van der Waals surface area contributed by atoms with Crippen LogP contribution in [0.25, 0.3) is 6.08 Å². The van der Waals surface area contributed by atoms with Crippen molar-refractivity contribution in [3.8, 4) is 0 Å². The van der Waals surface area contributed by atoms with Crippen molar-refractivity contribution in [2.75, 3.05) is 5.32 Å². The van der Waals surface area contributed by atoms with Gasteiger partial charge in [-0.2, -0.15) is 0 Å². The average molecular weight is 326 g/mol. The Hall–Kier alpha value is -2.18. The zero-order valence-electron chi connectivity index (χ0n) is 10.5. The molecule has 0 spiro atoms. The van der Waals surface area contributed by atoms with Crippen molar-refractivity contribution in [1.29, 1.82) is 0 Å². The van der Waals surface area contributed by atoms with Crippen molar-refractivity contribution in [1.82, 2.24) is 0 Å². The summed E-state index contributed by atoms with van der Waals surface area (Å²) in [6.45, 7) is 0. The van der Waals surface area contributed by atoms with Crippen LogP contribution in [0.5, 0.6) is 0 Å². The van der Waals surface area contributed by atoms with Gasteiger partial charge in [-0.3, -0.25) is 4.79 Å². The van der Waals surface area contributed by atoms with Crippen molar-refractivity contribution in [3.05, 3.63) is 57.0 Å². The van der Waals surface area contributed by atoms with Gasteiger partial charge in [0.05, 0.1) is 11.3 Å². The number of rotatable bonds is 4. The molecule has 0 fully saturated rings. The highest BCUT2D eigenvalue weighted by molar-refractivity contribution is 7.11. The van der Waals surface area contributed by atoms with Gasteiger partial charge in [0.2, 0.25) is 0 Å². The molecule has 1 aromatic carbocycles. The van der Waals surface area contributed by atoms with Crippen LogP contribution in [0.3, 0.4) is 0 Å². The molecule has 7 heteroatoms. The van der Waals surface area contributed by atoms with Gasteiger partial charge in [-0.15, -0.1) is 11.3 Å². The van der Waals surface area contributed by atoms with Gasteiger partial charge >= 0.3 is 5.97 Å². The van der Waals surface area contributed by atoms with Crippen molar-refractivity contribution in [2.24, 2.45) is 0 Å². The van der Waals surface area contributed by atoms with Gasteiger partial charge < -0.3 is 10.4 Å². The minimum absolute atomic E-state index is 0.0261. The van der Waals surface area contributed by atoms with Crippen LogP contribution < -0.4 is 5.32 Å². The molecule has 2 N–H and O–H groups in total. The number of halogens is 2. The SMILES string of the molecule is O=C(O)C=Cc1cc(C(=O)Nc2ccc(Cl)cc2F)cs1. The molecule has 0 aliphatic carbocycles. The van der Waals surface area contributed by atoms with Gasteiger partial charge in [-0.25, -0.2) is 9.18 Å². The van der Waals surface area contributed by atoms with E-state index in [2.05, 4.69) is 5.32 Å². The number of nitrogens with one attached hydrogen (secondary N) is 1. The van der Waals surface area contributed by atoms with Crippen LogP contribution in [0.15, 0.2) is 35.7 Å². The van der Waals surface area contributed by atoms with Crippen molar-refractivity contribution < 1.29 is 19.1 Å². The van der Waals surface area contributed by atoms with Crippen molar-refractivity contribution in [3.63, 3.8) is 0 Å². The smallest absolute Gasteiger partial charge is 0.328 e. The topological polar surface area (TPSA) is 66.4 Å². The number of hydrogen-bond donors (Lipinski definition) is 2. The summed E-state index contributed by atoms with van der Waals surface area (Å²) in [5.41, 5.74) is 0.345. The molecule has 4 nitrogen and oxygen atoms in total. The lowest BCUT2D eigenvalue weighted by atomic mass is 10.2. The third-order valence-corrected chi connectivity index (χ3v) is 3.58. The molecule has 0 radical (unpaired) electrons. The fourth-order valence-corrected chi connectivity index (χ4v) is 2.44. The molecule has 0 atom stereocenters. The number of carboxylic acids is 1. The Balaban J connectivity index is 2.12. The van der Waals surface area contributed by atoms with Crippen LogP contribution in [0.1, 0.15) is 15.2 Å². The normalized spacial score (nSPS) is 10.8. The minimum Gasteiger partial charge on any atom is -0.478 e. The van der Waals surface area contributed by atoms with E-state index in [9.17, 15) is 14.0 Å². The Kier molecular flexibility index (Phi) is 4.72. The molecule has 1 heterocycles. The number of carbonyl (C=O) groups excluding carboxylic acids is 1. The third kappa shape index (κ3) is 4.14. The van der Waals surface area contributed by atoms with E-state index in [1.165, 1.54) is 35.6 Å². The molecule has 1 amide bonds. The molecule has 0 aliphatic rings. The van der Waals surface area contributed by atoms with Crippen LogP contribution in [-0.4, -0.2) is 17.0 Å². The van der Waals surface area contributed by atoms with E-state index < -0.39 is 17.7 Å². The lowest BCUT2D eigenvalue weighted by Gasteiger charge is -2.05. The summed E-state index contributed by atoms with van der Waals surface area (Å²) >= 11 is 6.84. The first-order valence-corrected chi connectivity index (χ1v) is 6.97. The van der Waals surface area contributed by atoms with Gasteiger partial charge in [0.15, 0.2) is 0 Å². The Morgan fingerprint density at radius 2 is 2.10 bits per heavy atom. The lowest BCUT2D eigenvalue weighted by Crippen LogP contribution is -2.11. The predicted octanol–water partition coefficient (Wildman–Crippen LogP) is 3.89. The number of carboxylic acid groups (broad SMARTS) is 1. The predicted molar refractivity (Wildman–Crippen MR) is 80.4 cm³/mol. The highest BCUT2D eigenvalue weighted by Crippen LogP contribution is 2.21. The molecule has 0 aliphatic heterocycles. The van der Waals surface area contributed by atoms with Crippen LogP contribution in [0, 0.1) is 5.82 Å². The molecular formula is C14H9ClFNO3S. The monoisotopic (exact) mass is 325 g/mol. The van der Waals surface area contributed by atoms with Crippen molar-refractivity contribution >= 4 is 46.6 Å². The summed E-state index contributed by atoms with van der Waals surface area (Å²) in [4.78, 5) is 23.0. The molecular weight excluding hydrogens is 317 g/mol. The van der Waals surface area contributed by atoms with Crippen LogP contribution >= 0.6 is 22.9 Å². The second-order valence-electron chi connectivity index (χ2n) is 3.99. The Morgan fingerprint density at radius 1 is 1.33 bits per heavy atom. The lowest BCUT2D eigenvalue weighted by molar-refractivity contribution is -0.131. The standard InChI is InChI=1S/C14H9ClFNO3S/c15-9-1-3-12(11(16)6-9)17-14(20)8-5-10(21-7-8)2-4-13(18)19/h1-7H,(H,17,20)(H,18,19). The number of thiophene rings is 1. The minimum atomic E-state index is -1.07. The van der Waals surface area contributed by atoms with Gasteiger partial charge in [-0.1, -0.05) is 11.6 Å². The quantitative estimate of drug-likeness (QED) is 0.838. The van der Waals surface area contributed by atoms with E-state index in [1.807, 2.05) is 0 Å². The first-order valence-electron chi connectivity index (χ1n) is 5.71. The van der Waals surface area contributed by atoms with Gasteiger partial charge in [0.1, 0.15) is 5.82 Å². The van der Waals surface area contributed by atoms with Crippen LogP contribution in [0.2, 0.25) is 5.02 Å². The summed E-state index contributed by atoms with van der Waals surface area (Å²) in [6.07, 6.45) is 2.36. The fourth-order valence-electron chi connectivity index (χ4n) is 1.50. The maximum absolute atomic E-state index is 13.6. The number of amides is 1. The molecule has 2 aromatic rings. The Morgan fingerprint density at radius 3 is 2.76 bits per heavy atom. The number of hydrogen-bond acceptors (Lipinski definition) is 3. The average Bonchev–Trinajstić information content (AvgIpc) is 2.88. The molecule has 21 heavy (non-hydrogen) atoms. The second kappa shape index (κ2) is 6.51. The second-order valence-corrected chi connectivity index (χ2v) is 5.37. The summed E-state index contributed by atoms with van der Waals surface area (Å²) in [5, 5.41) is 12.7. The number of aliphatic carboxylic acids is 1. The third-order valence-electron chi connectivity index (χ3n) is 2.45. The van der Waals surface area contributed by atoms with Crippen LogP contribution in [-0.2, 0) is 4.79 Å². The zero-order chi connectivity index (χ0) is 15.4. The maximum Gasteiger partial charge on any atom is 0.328 e. The first kappa shape index (κ1) is 15.2. The summed E-state index contributed by atoms with van der Waals surface area (Å²) < 4.78 is 13.6. The molecule has 0 bridgehead atoms. The van der Waals surface area contributed by atoms with E-state index in [-0.39, 0.29) is 10.7 Å². The van der Waals surface area contributed by atoms with E-state index in [0.717, 1.165) is 12.1 Å². The Bertz CT molecular complexity index is 727. The number of anilines is 1. The molecule has 0 saturated carbocycles. The molecule has 0 saturated heterocycles. The molecule has 1 aromatic heterocycles. The number of benzene rings is 1. The van der Waals surface area contributed by atoms with E-state index >= 15 is 0 Å². The highest BCUT2D eigenvalue weighted by Gasteiger charge is 2.11. The van der Waals surface area contributed by atoms with Gasteiger partial charge in [0, 0.05) is 21.4 Å². The fraction of sp³-hybridized carbons (Fsp3) is 0. The number of carbonyl (C=O) groups is 2. The highest BCUT2D eigenvalue weighted by atomic mass is 35.5. The van der Waals surface area contributed by atoms with Gasteiger partial charge in [-0.05, 0) is 30.3 Å². The van der Waals surface area contributed by atoms with E-state index in [4.69, 9.17) is 16.7 Å². The van der Waals surface area contributed by atoms with Crippen molar-refractivity contribution in [2.45, 2.75) is 0 Å². The summed E-state index contributed by atoms with van der Waals surface area (Å²) in [6, 6.07) is 5.46. The zero-order valence-corrected chi connectivity index (χ0v) is 12.0. The Labute approximate surface area is 128 Å². The molecule has 108 valence electrons. The van der Waals surface area contributed by atoms with E-state index in [1.54, 1.807) is 5.38 Å². The molecule has 0 unspecified atom stereocenters. The molecule has 2 rings (SSSR count). The van der Waals surface area contributed by atoms with Gasteiger partial charge in [0.25, 0.3) is 5.91 Å². The van der Waals surface area contributed by atoms with Crippen LogP contribution in [0.4, 0.5) is 10.1 Å².